The second kappa shape index (κ2) is 7.01. The van der Waals surface area contributed by atoms with E-state index in [4.69, 9.17) is 4.42 Å². The summed E-state index contributed by atoms with van der Waals surface area (Å²) in [5.41, 5.74) is 2.26. The van der Waals surface area contributed by atoms with Crippen LogP contribution in [0.4, 0.5) is 5.69 Å². The van der Waals surface area contributed by atoms with Crippen molar-refractivity contribution >= 4 is 34.7 Å². The molecular formula is C18H17N3O2S2. The first-order valence-corrected chi connectivity index (χ1v) is 9.91. The third-order valence-electron chi connectivity index (χ3n) is 4.14. The number of carbonyl (C=O) groups excluding carboxylic acids is 1. The Morgan fingerprint density at radius 1 is 1.28 bits per heavy atom. The van der Waals surface area contributed by atoms with E-state index in [2.05, 4.69) is 16.3 Å². The molecule has 0 aliphatic carbocycles. The van der Waals surface area contributed by atoms with Crippen LogP contribution in [0.3, 0.4) is 0 Å². The minimum absolute atomic E-state index is 0.0769. The maximum absolute atomic E-state index is 12.9. The molecule has 1 aliphatic rings. The molecule has 2 aromatic heterocycles. The summed E-state index contributed by atoms with van der Waals surface area (Å²) in [6.45, 7) is 2.64. The van der Waals surface area contributed by atoms with Gasteiger partial charge in [0, 0.05) is 12.2 Å². The van der Waals surface area contributed by atoms with Crippen LogP contribution in [0.25, 0.3) is 10.8 Å². The van der Waals surface area contributed by atoms with E-state index in [1.165, 1.54) is 17.3 Å². The average molecular weight is 371 g/mol. The van der Waals surface area contributed by atoms with Gasteiger partial charge in [0.2, 0.25) is 5.91 Å². The summed E-state index contributed by atoms with van der Waals surface area (Å²) < 4.78 is 5.69. The van der Waals surface area contributed by atoms with E-state index in [1.54, 1.807) is 11.3 Å². The number of fused-ring (bicyclic) bond motifs is 1. The number of hydrogen-bond acceptors (Lipinski definition) is 6. The smallest absolute Gasteiger partial charge is 0.277 e. The summed E-state index contributed by atoms with van der Waals surface area (Å²) in [6.07, 6.45) is 2.01. The maximum Gasteiger partial charge on any atom is 0.277 e. The molecule has 1 aromatic carbocycles. The Bertz CT molecular complexity index is 876. The second-order valence-electron chi connectivity index (χ2n) is 5.83. The maximum atomic E-state index is 12.9. The van der Waals surface area contributed by atoms with Crippen LogP contribution in [0, 0.1) is 0 Å². The Labute approximate surface area is 154 Å². The van der Waals surface area contributed by atoms with Crippen molar-refractivity contribution in [2.24, 2.45) is 0 Å². The number of amides is 1. The summed E-state index contributed by atoms with van der Waals surface area (Å²) in [5.74, 6) is 0.577. The summed E-state index contributed by atoms with van der Waals surface area (Å²) in [7, 11) is 0. The number of para-hydroxylation sites is 1. The summed E-state index contributed by atoms with van der Waals surface area (Å²) in [5, 5.41) is 10.2. The molecule has 3 aromatic rings. The molecule has 4 rings (SSSR count). The number of carbonyl (C=O) groups is 1. The lowest BCUT2D eigenvalue weighted by Gasteiger charge is -2.31. The van der Waals surface area contributed by atoms with E-state index >= 15 is 0 Å². The lowest BCUT2D eigenvalue weighted by atomic mass is 10.0. The standard InChI is InChI=1S/C18H17N3O2S2/c1-12(25-18-20-19-16(23-18)15-9-5-11-24-15)17(22)21-10-4-7-13-6-2-3-8-14(13)21/h2-3,5-6,8-9,11-12H,4,7,10H2,1H3. The quantitative estimate of drug-likeness (QED) is 0.642. The van der Waals surface area contributed by atoms with Crippen molar-refractivity contribution in [3.8, 4) is 10.8 Å². The van der Waals surface area contributed by atoms with Crippen LogP contribution >= 0.6 is 23.1 Å². The van der Waals surface area contributed by atoms with Gasteiger partial charge in [0.15, 0.2) is 0 Å². The Balaban J connectivity index is 1.48. The van der Waals surface area contributed by atoms with Gasteiger partial charge in [-0.25, -0.2) is 0 Å². The molecule has 128 valence electrons. The third-order valence-corrected chi connectivity index (χ3v) is 5.92. The molecule has 25 heavy (non-hydrogen) atoms. The predicted molar refractivity (Wildman–Crippen MR) is 100 cm³/mol. The zero-order chi connectivity index (χ0) is 17.2. The van der Waals surface area contributed by atoms with Crippen LogP contribution in [0.1, 0.15) is 18.9 Å². The first-order chi connectivity index (χ1) is 12.2. The average Bonchev–Trinajstić information content (AvgIpc) is 3.32. The normalized spacial score (nSPS) is 15.0. The van der Waals surface area contributed by atoms with E-state index in [1.807, 2.05) is 47.5 Å². The molecule has 0 radical (unpaired) electrons. The van der Waals surface area contributed by atoms with Crippen LogP contribution in [0.5, 0.6) is 0 Å². The van der Waals surface area contributed by atoms with E-state index in [-0.39, 0.29) is 11.2 Å². The Morgan fingerprint density at radius 3 is 3.00 bits per heavy atom. The van der Waals surface area contributed by atoms with E-state index in [9.17, 15) is 4.79 Å². The summed E-state index contributed by atoms with van der Waals surface area (Å²) in [6, 6.07) is 12.0. The number of anilines is 1. The Hall–Kier alpha value is -2.12. The molecule has 5 nitrogen and oxygen atoms in total. The molecular weight excluding hydrogens is 354 g/mol. The summed E-state index contributed by atoms with van der Waals surface area (Å²) >= 11 is 2.86. The molecule has 0 N–H and O–H groups in total. The number of aromatic nitrogens is 2. The van der Waals surface area contributed by atoms with Crippen LogP contribution in [-0.4, -0.2) is 27.9 Å². The molecule has 0 bridgehead atoms. The zero-order valence-electron chi connectivity index (χ0n) is 13.7. The number of aryl methyl sites for hydroxylation is 1. The van der Waals surface area contributed by atoms with Crippen molar-refractivity contribution in [1.82, 2.24) is 10.2 Å². The fourth-order valence-electron chi connectivity index (χ4n) is 2.94. The highest BCUT2D eigenvalue weighted by molar-refractivity contribution is 8.00. The number of thioether (sulfide) groups is 1. The molecule has 0 fully saturated rings. The third kappa shape index (κ3) is 3.34. The van der Waals surface area contributed by atoms with Crippen LogP contribution in [0.2, 0.25) is 0 Å². The van der Waals surface area contributed by atoms with Gasteiger partial charge in [0.1, 0.15) is 0 Å². The van der Waals surface area contributed by atoms with Gasteiger partial charge in [-0.05, 0) is 42.8 Å². The molecule has 1 aliphatic heterocycles. The second-order valence-corrected chi connectivity index (χ2v) is 8.07. The highest BCUT2D eigenvalue weighted by Crippen LogP contribution is 2.32. The largest absolute Gasteiger partial charge is 0.410 e. The first kappa shape index (κ1) is 16.4. The number of hydrogen-bond donors (Lipinski definition) is 0. The van der Waals surface area contributed by atoms with Crippen molar-refractivity contribution < 1.29 is 9.21 Å². The fraction of sp³-hybridized carbons (Fsp3) is 0.278. The van der Waals surface area contributed by atoms with Gasteiger partial charge in [0.25, 0.3) is 11.1 Å². The molecule has 7 heteroatoms. The molecule has 0 saturated carbocycles. The number of thiophene rings is 1. The van der Waals surface area contributed by atoms with Gasteiger partial charge in [-0.3, -0.25) is 4.79 Å². The Kier molecular flexibility index (Phi) is 4.59. The van der Waals surface area contributed by atoms with Crippen molar-refractivity contribution in [3.05, 3.63) is 47.3 Å². The first-order valence-electron chi connectivity index (χ1n) is 8.15. The van der Waals surface area contributed by atoms with Crippen molar-refractivity contribution in [2.45, 2.75) is 30.2 Å². The lowest BCUT2D eigenvalue weighted by molar-refractivity contribution is -0.117. The van der Waals surface area contributed by atoms with Gasteiger partial charge in [-0.2, -0.15) is 0 Å². The van der Waals surface area contributed by atoms with Crippen molar-refractivity contribution in [1.29, 1.82) is 0 Å². The van der Waals surface area contributed by atoms with Gasteiger partial charge >= 0.3 is 0 Å². The van der Waals surface area contributed by atoms with E-state index < -0.39 is 0 Å². The van der Waals surface area contributed by atoms with Crippen molar-refractivity contribution in [2.75, 3.05) is 11.4 Å². The van der Waals surface area contributed by atoms with Gasteiger partial charge < -0.3 is 9.32 Å². The van der Waals surface area contributed by atoms with Gasteiger partial charge in [-0.1, -0.05) is 36.0 Å². The number of benzene rings is 1. The van der Waals surface area contributed by atoms with Gasteiger partial charge in [0.05, 0.1) is 10.1 Å². The van der Waals surface area contributed by atoms with Crippen LogP contribution in [0.15, 0.2) is 51.4 Å². The molecule has 1 amide bonds. The van der Waals surface area contributed by atoms with Gasteiger partial charge in [-0.15, -0.1) is 21.5 Å². The predicted octanol–water partition coefficient (Wildman–Crippen LogP) is 4.26. The van der Waals surface area contributed by atoms with Crippen LogP contribution < -0.4 is 4.90 Å². The van der Waals surface area contributed by atoms with E-state index in [0.717, 1.165) is 30.0 Å². The molecule has 3 heterocycles. The Morgan fingerprint density at radius 2 is 2.16 bits per heavy atom. The summed E-state index contributed by atoms with van der Waals surface area (Å²) in [4.78, 5) is 15.7. The number of nitrogens with zero attached hydrogens (tertiary/aromatic N) is 3. The zero-order valence-corrected chi connectivity index (χ0v) is 15.3. The minimum atomic E-state index is -0.289. The molecule has 0 saturated heterocycles. The van der Waals surface area contributed by atoms with E-state index in [0.29, 0.717) is 11.1 Å². The lowest BCUT2D eigenvalue weighted by Crippen LogP contribution is -2.40. The molecule has 1 unspecified atom stereocenters. The highest BCUT2D eigenvalue weighted by atomic mass is 32.2. The minimum Gasteiger partial charge on any atom is -0.410 e. The molecule has 1 atom stereocenters. The molecule has 0 spiro atoms. The number of rotatable bonds is 4. The van der Waals surface area contributed by atoms with Crippen molar-refractivity contribution in [3.63, 3.8) is 0 Å². The SMILES string of the molecule is CC(Sc1nnc(-c2cccs2)o1)C(=O)N1CCCc2ccccc21. The van der Waals surface area contributed by atoms with Crippen LogP contribution in [-0.2, 0) is 11.2 Å². The fourth-order valence-corrected chi connectivity index (χ4v) is 4.33. The monoisotopic (exact) mass is 371 g/mol. The topological polar surface area (TPSA) is 59.2 Å². The highest BCUT2D eigenvalue weighted by Gasteiger charge is 2.28.